The van der Waals surface area contributed by atoms with E-state index in [-0.39, 0.29) is 0 Å². The summed E-state index contributed by atoms with van der Waals surface area (Å²) in [5.74, 6) is 1.13. The highest BCUT2D eigenvalue weighted by molar-refractivity contribution is 5.42. The number of nitrogens with zero attached hydrogens (tertiary/aromatic N) is 4. The number of hydrogen-bond donors (Lipinski definition) is 2. The summed E-state index contributed by atoms with van der Waals surface area (Å²) in [6.45, 7) is 2.49. The number of nitrogens with two attached hydrogens (primary N) is 1. The van der Waals surface area contributed by atoms with Crippen LogP contribution in [0.2, 0.25) is 0 Å². The molecule has 3 N–H and O–H groups in total. The molecule has 78 valence electrons. The summed E-state index contributed by atoms with van der Waals surface area (Å²) < 4.78 is 0. The average Bonchev–Trinajstić information content (AvgIpc) is 2.81. The van der Waals surface area contributed by atoms with E-state index < -0.39 is 0 Å². The lowest BCUT2D eigenvalue weighted by Crippen LogP contribution is -2.06. The lowest BCUT2D eigenvalue weighted by molar-refractivity contribution is 0.911. The van der Waals surface area contributed by atoms with Crippen LogP contribution < -0.4 is 5.73 Å². The number of H-pyrrole nitrogens is 1. The van der Waals surface area contributed by atoms with Gasteiger partial charge in [0.1, 0.15) is 6.33 Å². The van der Waals surface area contributed by atoms with Gasteiger partial charge in [0, 0.05) is 24.0 Å². The maximum Gasteiger partial charge on any atom is 0.197 e. The highest BCUT2D eigenvalue weighted by Gasteiger charge is 2.07. The Hall–Kier alpha value is -1.82. The van der Waals surface area contributed by atoms with Gasteiger partial charge in [-0.2, -0.15) is 5.10 Å². The summed E-state index contributed by atoms with van der Waals surface area (Å²) in [6, 6.07) is 0. The normalized spacial score (nSPS) is 10.5. The van der Waals surface area contributed by atoms with E-state index >= 15 is 0 Å². The van der Waals surface area contributed by atoms with Gasteiger partial charge in [-0.25, -0.2) is 15.0 Å². The topological polar surface area (TPSA) is 93.4 Å². The van der Waals surface area contributed by atoms with E-state index in [2.05, 4.69) is 25.1 Å². The standard InChI is InChI=1S/C9H12N6/c1-2-7-6(3-10)4-11-8(14-7)9-12-5-13-15-9/h4-5H,2-3,10H2,1H3,(H,12,13,15). The van der Waals surface area contributed by atoms with Gasteiger partial charge in [0.25, 0.3) is 0 Å². The van der Waals surface area contributed by atoms with Gasteiger partial charge in [-0.3, -0.25) is 5.10 Å². The van der Waals surface area contributed by atoms with Gasteiger partial charge in [-0.05, 0) is 6.42 Å². The Morgan fingerprint density at radius 2 is 2.27 bits per heavy atom. The van der Waals surface area contributed by atoms with E-state index in [1.165, 1.54) is 6.33 Å². The Bertz CT molecular complexity index is 436. The fraction of sp³-hybridized carbons (Fsp3) is 0.333. The third-order valence-electron chi connectivity index (χ3n) is 2.14. The molecule has 0 radical (unpaired) electrons. The molecule has 0 aliphatic carbocycles. The number of hydrogen-bond acceptors (Lipinski definition) is 5. The van der Waals surface area contributed by atoms with E-state index in [9.17, 15) is 0 Å². The Morgan fingerprint density at radius 3 is 2.87 bits per heavy atom. The SMILES string of the molecule is CCc1nc(-c2ncn[nH]2)ncc1CN. The zero-order chi connectivity index (χ0) is 10.7. The summed E-state index contributed by atoms with van der Waals surface area (Å²) in [5, 5.41) is 6.48. The first-order chi connectivity index (χ1) is 7.35. The smallest absolute Gasteiger partial charge is 0.197 e. The van der Waals surface area contributed by atoms with Crippen molar-refractivity contribution in [3.8, 4) is 11.6 Å². The first-order valence-corrected chi connectivity index (χ1v) is 4.75. The molecule has 2 rings (SSSR count). The van der Waals surface area contributed by atoms with E-state index in [0.29, 0.717) is 18.2 Å². The van der Waals surface area contributed by atoms with Gasteiger partial charge < -0.3 is 5.73 Å². The van der Waals surface area contributed by atoms with E-state index in [1.54, 1.807) is 6.20 Å². The Morgan fingerprint density at radius 1 is 1.40 bits per heavy atom. The second-order valence-electron chi connectivity index (χ2n) is 3.06. The van der Waals surface area contributed by atoms with Crippen LogP contribution in [-0.2, 0) is 13.0 Å². The van der Waals surface area contributed by atoms with Crippen molar-refractivity contribution < 1.29 is 0 Å². The molecule has 2 heterocycles. The monoisotopic (exact) mass is 204 g/mol. The summed E-state index contributed by atoms with van der Waals surface area (Å²) in [7, 11) is 0. The van der Waals surface area contributed by atoms with Crippen molar-refractivity contribution in [2.45, 2.75) is 19.9 Å². The molecule has 0 fully saturated rings. The number of aryl methyl sites for hydroxylation is 1. The quantitative estimate of drug-likeness (QED) is 0.749. The summed E-state index contributed by atoms with van der Waals surface area (Å²) in [4.78, 5) is 12.5. The van der Waals surface area contributed by atoms with Gasteiger partial charge in [0.15, 0.2) is 11.6 Å². The lowest BCUT2D eigenvalue weighted by Gasteiger charge is -2.04. The maximum absolute atomic E-state index is 5.58. The molecule has 15 heavy (non-hydrogen) atoms. The van der Waals surface area contributed by atoms with Crippen LogP contribution in [0, 0.1) is 0 Å². The molecule has 0 unspecified atom stereocenters. The van der Waals surface area contributed by atoms with E-state index in [1.807, 2.05) is 6.92 Å². The summed E-state index contributed by atoms with van der Waals surface area (Å²) >= 11 is 0. The van der Waals surface area contributed by atoms with Crippen LogP contribution in [0.5, 0.6) is 0 Å². The van der Waals surface area contributed by atoms with Gasteiger partial charge >= 0.3 is 0 Å². The Labute approximate surface area is 87.0 Å². The molecule has 0 saturated carbocycles. The second-order valence-corrected chi connectivity index (χ2v) is 3.06. The molecule has 0 bridgehead atoms. The molecule has 0 aromatic carbocycles. The molecule has 0 aliphatic heterocycles. The minimum atomic E-state index is 0.458. The van der Waals surface area contributed by atoms with Crippen LogP contribution in [0.3, 0.4) is 0 Å². The zero-order valence-corrected chi connectivity index (χ0v) is 8.44. The summed E-state index contributed by atoms with van der Waals surface area (Å²) in [5.41, 5.74) is 7.51. The zero-order valence-electron chi connectivity index (χ0n) is 8.44. The average molecular weight is 204 g/mol. The van der Waals surface area contributed by atoms with Crippen LogP contribution in [0.15, 0.2) is 12.5 Å². The predicted molar refractivity (Wildman–Crippen MR) is 54.7 cm³/mol. The molecule has 6 heteroatoms. The highest BCUT2D eigenvalue weighted by atomic mass is 15.2. The summed E-state index contributed by atoms with van der Waals surface area (Å²) in [6.07, 6.45) is 4.00. The number of aromatic amines is 1. The Balaban J connectivity index is 2.43. The fourth-order valence-electron chi connectivity index (χ4n) is 1.35. The van der Waals surface area contributed by atoms with Crippen molar-refractivity contribution in [1.82, 2.24) is 25.1 Å². The molecule has 0 spiro atoms. The molecular formula is C9H12N6. The van der Waals surface area contributed by atoms with Crippen molar-refractivity contribution >= 4 is 0 Å². The third-order valence-corrected chi connectivity index (χ3v) is 2.14. The maximum atomic E-state index is 5.58. The Kier molecular flexibility index (Phi) is 2.68. The van der Waals surface area contributed by atoms with Crippen molar-refractivity contribution in [1.29, 1.82) is 0 Å². The predicted octanol–water partition coefficient (Wildman–Crippen LogP) is 0.283. The van der Waals surface area contributed by atoms with E-state index in [0.717, 1.165) is 17.7 Å². The molecular weight excluding hydrogens is 192 g/mol. The van der Waals surface area contributed by atoms with Crippen molar-refractivity contribution in [3.05, 3.63) is 23.8 Å². The largest absolute Gasteiger partial charge is 0.326 e. The number of rotatable bonds is 3. The molecule has 0 atom stereocenters. The minimum Gasteiger partial charge on any atom is -0.326 e. The minimum absolute atomic E-state index is 0.458. The molecule has 6 nitrogen and oxygen atoms in total. The van der Waals surface area contributed by atoms with Crippen molar-refractivity contribution in [2.75, 3.05) is 0 Å². The van der Waals surface area contributed by atoms with Crippen LogP contribution in [0.4, 0.5) is 0 Å². The van der Waals surface area contributed by atoms with Crippen molar-refractivity contribution in [2.24, 2.45) is 5.73 Å². The van der Waals surface area contributed by atoms with Crippen LogP contribution >= 0.6 is 0 Å². The first-order valence-electron chi connectivity index (χ1n) is 4.75. The van der Waals surface area contributed by atoms with Gasteiger partial charge in [-0.15, -0.1) is 0 Å². The molecule has 2 aromatic heterocycles. The molecule has 0 aliphatic rings. The molecule has 0 amide bonds. The van der Waals surface area contributed by atoms with E-state index in [4.69, 9.17) is 5.73 Å². The molecule has 2 aromatic rings. The van der Waals surface area contributed by atoms with Gasteiger partial charge in [-0.1, -0.05) is 6.92 Å². The second kappa shape index (κ2) is 4.14. The lowest BCUT2D eigenvalue weighted by atomic mass is 10.2. The van der Waals surface area contributed by atoms with Gasteiger partial charge in [0.05, 0.1) is 0 Å². The fourth-order valence-corrected chi connectivity index (χ4v) is 1.35. The van der Waals surface area contributed by atoms with Crippen LogP contribution in [0.25, 0.3) is 11.6 Å². The third kappa shape index (κ3) is 1.84. The van der Waals surface area contributed by atoms with Crippen LogP contribution in [-0.4, -0.2) is 25.1 Å². The number of nitrogens with one attached hydrogen (secondary N) is 1. The first kappa shape index (κ1) is 9.72. The highest BCUT2D eigenvalue weighted by Crippen LogP contribution is 2.11. The number of aromatic nitrogens is 5. The molecule has 0 saturated heterocycles. The van der Waals surface area contributed by atoms with Crippen molar-refractivity contribution in [3.63, 3.8) is 0 Å². The van der Waals surface area contributed by atoms with Gasteiger partial charge in [0.2, 0.25) is 0 Å². The van der Waals surface area contributed by atoms with Crippen LogP contribution in [0.1, 0.15) is 18.2 Å².